The molecule has 0 aliphatic carbocycles. The highest BCUT2D eigenvalue weighted by Gasteiger charge is 2.10. The molecule has 0 radical (unpaired) electrons. The van der Waals surface area contributed by atoms with Crippen molar-refractivity contribution in [2.24, 2.45) is 0 Å². The highest BCUT2D eigenvalue weighted by atomic mass is 16.5. The molecule has 4 heteroatoms. The first kappa shape index (κ1) is 13.4. The van der Waals surface area contributed by atoms with Crippen molar-refractivity contribution in [2.75, 3.05) is 19.1 Å². The van der Waals surface area contributed by atoms with Crippen LogP contribution in [0.1, 0.15) is 11.1 Å². The van der Waals surface area contributed by atoms with E-state index in [1.807, 2.05) is 48.3 Å². The SMILES string of the molecule is COc1ccccc1CN(C)c1ncccc1CO. The molecule has 4 nitrogen and oxygen atoms in total. The lowest BCUT2D eigenvalue weighted by molar-refractivity contribution is 0.281. The molecule has 0 atom stereocenters. The molecule has 0 fully saturated rings. The number of nitrogens with zero attached hydrogens (tertiary/aromatic N) is 2. The molecule has 0 unspecified atom stereocenters. The number of methoxy groups -OCH3 is 1. The summed E-state index contributed by atoms with van der Waals surface area (Å²) in [5.41, 5.74) is 1.90. The fourth-order valence-electron chi connectivity index (χ4n) is 2.06. The third-order valence-corrected chi connectivity index (χ3v) is 3.00. The molecule has 1 heterocycles. The van der Waals surface area contributed by atoms with Gasteiger partial charge in [-0.2, -0.15) is 0 Å². The summed E-state index contributed by atoms with van der Waals surface area (Å²) in [6.45, 7) is 0.660. The lowest BCUT2D eigenvalue weighted by Gasteiger charge is -2.21. The van der Waals surface area contributed by atoms with Crippen LogP contribution in [0.15, 0.2) is 42.6 Å². The molecule has 19 heavy (non-hydrogen) atoms. The molecule has 1 N–H and O–H groups in total. The second kappa shape index (κ2) is 6.20. The average molecular weight is 258 g/mol. The van der Waals surface area contributed by atoms with Gasteiger partial charge in [-0.1, -0.05) is 24.3 Å². The van der Waals surface area contributed by atoms with E-state index in [9.17, 15) is 5.11 Å². The minimum atomic E-state index is -0.0144. The molecule has 0 amide bonds. The van der Waals surface area contributed by atoms with Crippen molar-refractivity contribution in [3.63, 3.8) is 0 Å². The van der Waals surface area contributed by atoms with Gasteiger partial charge < -0.3 is 14.7 Å². The van der Waals surface area contributed by atoms with Gasteiger partial charge >= 0.3 is 0 Å². The minimum Gasteiger partial charge on any atom is -0.496 e. The second-order valence-corrected chi connectivity index (χ2v) is 4.31. The standard InChI is InChI=1S/C15H18N2O2/c1-17(15-13(11-18)7-5-9-16-15)10-12-6-3-4-8-14(12)19-2/h3-9,18H,10-11H2,1-2H3. The molecule has 0 spiro atoms. The van der Waals surface area contributed by atoms with E-state index in [1.165, 1.54) is 0 Å². The number of hydrogen-bond acceptors (Lipinski definition) is 4. The average Bonchev–Trinajstić information content (AvgIpc) is 2.47. The maximum atomic E-state index is 9.34. The third-order valence-electron chi connectivity index (χ3n) is 3.00. The molecular weight excluding hydrogens is 240 g/mol. The Hall–Kier alpha value is -2.07. The van der Waals surface area contributed by atoms with Gasteiger partial charge in [0.1, 0.15) is 11.6 Å². The molecule has 1 aromatic carbocycles. The number of aliphatic hydroxyl groups excluding tert-OH is 1. The Balaban J connectivity index is 2.23. The monoisotopic (exact) mass is 258 g/mol. The van der Waals surface area contributed by atoms with Crippen LogP contribution in [0, 0.1) is 0 Å². The van der Waals surface area contributed by atoms with Gasteiger partial charge in [0.2, 0.25) is 0 Å². The first-order valence-corrected chi connectivity index (χ1v) is 6.14. The highest BCUT2D eigenvalue weighted by Crippen LogP contribution is 2.22. The number of hydrogen-bond donors (Lipinski definition) is 1. The van der Waals surface area contributed by atoms with Crippen molar-refractivity contribution in [3.05, 3.63) is 53.7 Å². The molecule has 0 aliphatic heterocycles. The van der Waals surface area contributed by atoms with Gasteiger partial charge in [0, 0.05) is 30.9 Å². The Bertz CT molecular complexity index is 543. The number of para-hydroxylation sites is 1. The fraction of sp³-hybridized carbons (Fsp3) is 0.267. The van der Waals surface area contributed by atoms with Crippen LogP contribution in [0.4, 0.5) is 5.82 Å². The summed E-state index contributed by atoms with van der Waals surface area (Å²) in [6.07, 6.45) is 1.73. The van der Waals surface area contributed by atoms with Crippen molar-refractivity contribution in [2.45, 2.75) is 13.2 Å². The van der Waals surface area contributed by atoms with E-state index in [2.05, 4.69) is 4.98 Å². The third kappa shape index (κ3) is 3.03. The Labute approximate surface area is 113 Å². The van der Waals surface area contributed by atoms with Crippen LogP contribution in [0.3, 0.4) is 0 Å². The van der Waals surface area contributed by atoms with Crippen molar-refractivity contribution in [3.8, 4) is 5.75 Å². The topological polar surface area (TPSA) is 45.6 Å². The quantitative estimate of drug-likeness (QED) is 0.893. The number of aromatic nitrogens is 1. The summed E-state index contributed by atoms with van der Waals surface area (Å²) in [5.74, 6) is 1.65. The van der Waals surface area contributed by atoms with Crippen LogP contribution < -0.4 is 9.64 Å². The van der Waals surface area contributed by atoms with Gasteiger partial charge in [0.25, 0.3) is 0 Å². The van der Waals surface area contributed by atoms with E-state index in [4.69, 9.17) is 4.74 Å². The van der Waals surface area contributed by atoms with E-state index in [0.717, 1.165) is 22.7 Å². The lowest BCUT2D eigenvalue weighted by Crippen LogP contribution is -2.19. The number of anilines is 1. The molecule has 0 bridgehead atoms. The molecular formula is C15H18N2O2. The van der Waals surface area contributed by atoms with Crippen LogP contribution in [0.2, 0.25) is 0 Å². The number of ether oxygens (including phenoxy) is 1. The maximum absolute atomic E-state index is 9.34. The normalized spacial score (nSPS) is 10.3. The lowest BCUT2D eigenvalue weighted by atomic mass is 10.2. The zero-order valence-corrected chi connectivity index (χ0v) is 11.2. The van der Waals surface area contributed by atoms with E-state index in [0.29, 0.717) is 6.54 Å². The molecule has 0 saturated carbocycles. The molecule has 2 rings (SSSR count). The summed E-state index contributed by atoms with van der Waals surface area (Å²) < 4.78 is 5.34. The predicted octanol–water partition coefficient (Wildman–Crippen LogP) is 2.22. The summed E-state index contributed by atoms with van der Waals surface area (Å²) in [6, 6.07) is 11.6. The van der Waals surface area contributed by atoms with Crippen molar-refractivity contribution < 1.29 is 9.84 Å². The van der Waals surface area contributed by atoms with Crippen LogP contribution in [-0.4, -0.2) is 24.2 Å². The van der Waals surface area contributed by atoms with E-state index in [1.54, 1.807) is 13.3 Å². The van der Waals surface area contributed by atoms with Gasteiger partial charge in [-0.25, -0.2) is 4.98 Å². The van der Waals surface area contributed by atoms with Crippen molar-refractivity contribution >= 4 is 5.82 Å². The zero-order chi connectivity index (χ0) is 13.7. The molecule has 2 aromatic rings. The van der Waals surface area contributed by atoms with Gasteiger partial charge in [-0.3, -0.25) is 0 Å². The van der Waals surface area contributed by atoms with E-state index >= 15 is 0 Å². The van der Waals surface area contributed by atoms with Crippen LogP contribution in [0.25, 0.3) is 0 Å². The van der Waals surface area contributed by atoms with Gasteiger partial charge in [-0.05, 0) is 12.1 Å². The Morgan fingerprint density at radius 1 is 1.16 bits per heavy atom. The zero-order valence-electron chi connectivity index (χ0n) is 11.2. The fourth-order valence-corrected chi connectivity index (χ4v) is 2.06. The largest absolute Gasteiger partial charge is 0.496 e. The first-order chi connectivity index (χ1) is 9.26. The molecule has 100 valence electrons. The Kier molecular flexibility index (Phi) is 4.36. The van der Waals surface area contributed by atoms with Crippen LogP contribution in [0.5, 0.6) is 5.75 Å². The number of pyridine rings is 1. The first-order valence-electron chi connectivity index (χ1n) is 6.14. The van der Waals surface area contributed by atoms with Gasteiger partial charge in [0.05, 0.1) is 13.7 Å². The summed E-state index contributed by atoms with van der Waals surface area (Å²) in [4.78, 5) is 6.33. The van der Waals surface area contributed by atoms with Gasteiger partial charge in [0.15, 0.2) is 0 Å². The van der Waals surface area contributed by atoms with Crippen LogP contribution >= 0.6 is 0 Å². The number of rotatable bonds is 5. The van der Waals surface area contributed by atoms with Crippen LogP contribution in [-0.2, 0) is 13.2 Å². The molecule has 0 aliphatic rings. The minimum absolute atomic E-state index is 0.0144. The summed E-state index contributed by atoms with van der Waals surface area (Å²) >= 11 is 0. The highest BCUT2D eigenvalue weighted by molar-refractivity contribution is 5.47. The molecule has 0 saturated heterocycles. The number of benzene rings is 1. The smallest absolute Gasteiger partial charge is 0.134 e. The summed E-state index contributed by atoms with van der Waals surface area (Å²) in [5, 5.41) is 9.34. The molecule has 1 aromatic heterocycles. The van der Waals surface area contributed by atoms with E-state index < -0.39 is 0 Å². The second-order valence-electron chi connectivity index (χ2n) is 4.31. The summed E-state index contributed by atoms with van der Waals surface area (Å²) in [7, 11) is 3.62. The van der Waals surface area contributed by atoms with Gasteiger partial charge in [-0.15, -0.1) is 0 Å². The predicted molar refractivity (Wildman–Crippen MR) is 75.3 cm³/mol. The Morgan fingerprint density at radius 3 is 2.63 bits per heavy atom. The van der Waals surface area contributed by atoms with E-state index in [-0.39, 0.29) is 6.61 Å². The number of aliphatic hydroxyl groups is 1. The van der Waals surface area contributed by atoms with Crippen molar-refractivity contribution in [1.82, 2.24) is 4.98 Å². The maximum Gasteiger partial charge on any atom is 0.134 e. The van der Waals surface area contributed by atoms with Crippen molar-refractivity contribution in [1.29, 1.82) is 0 Å². The Morgan fingerprint density at radius 2 is 1.89 bits per heavy atom.